The Morgan fingerprint density at radius 3 is 2.67 bits per heavy atom. The van der Waals surface area contributed by atoms with Crippen LogP contribution in [0.25, 0.3) is 11.3 Å². The van der Waals surface area contributed by atoms with Gasteiger partial charge in [-0.25, -0.2) is 4.68 Å². The molecular formula is C18H26N6O3. The van der Waals surface area contributed by atoms with Crippen molar-refractivity contribution in [1.82, 2.24) is 30.2 Å². The normalized spacial score (nSPS) is 22.2. The fourth-order valence-electron chi connectivity index (χ4n) is 3.53. The number of hydrogen-bond donors (Lipinski definition) is 3. The van der Waals surface area contributed by atoms with Crippen molar-refractivity contribution in [3.05, 3.63) is 30.7 Å². The second-order valence-corrected chi connectivity index (χ2v) is 7.19. The number of aliphatic hydroxyl groups is 2. The van der Waals surface area contributed by atoms with Gasteiger partial charge in [-0.1, -0.05) is 19.1 Å². The molecule has 0 spiro atoms. The molecule has 9 heteroatoms. The average Bonchev–Trinajstić information content (AvgIpc) is 3.28. The lowest BCUT2D eigenvalue weighted by atomic mass is 10.0. The van der Waals surface area contributed by atoms with Gasteiger partial charge in [-0.2, -0.15) is 0 Å². The van der Waals surface area contributed by atoms with E-state index in [0.717, 1.165) is 5.56 Å². The van der Waals surface area contributed by atoms with E-state index in [1.807, 2.05) is 26.0 Å². The molecular weight excluding hydrogens is 348 g/mol. The number of carbonyl (C=O) groups excluding carboxylic acids is 1. The van der Waals surface area contributed by atoms with E-state index in [0.29, 0.717) is 12.1 Å². The third kappa shape index (κ3) is 4.00. The molecule has 0 bridgehead atoms. The van der Waals surface area contributed by atoms with Crippen LogP contribution in [0.4, 0.5) is 0 Å². The van der Waals surface area contributed by atoms with Gasteiger partial charge in [0.05, 0.1) is 18.3 Å². The van der Waals surface area contributed by atoms with Gasteiger partial charge in [0.1, 0.15) is 18.0 Å². The Kier molecular flexibility index (Phi) is 5.83. The summed E-state index contributed by atoms with van der Waals surface area (Å²) >= 11 is 0. The number of nitrogens with zero attached hydrogens (tertiary/aromatic N) is 5. The number of β-amino-alcohol motifs (C(OH)–C–C–N with tert-alkyl or cyclic N) is 1. The summed E-state index contributed by atoms with van der Waals surface area (Å²) in [6.45, 7) is 4.07. The topological polar surface area (TPSA) is 116 Å². The highest BCUT2D eigenvalue weighted by molar-refractivity contribution is 5.81. The molecule has 146 valence electrons. The molecule has 0 aromatic carbocycles. The standard InChI is InChI=1S/C18H26N6O3/c1-11(2)16(18(27)23-9-13(25)8-15(23)17(26)19-3)24-10-14(21-22-24)12-4-6-20-7-5-12/h4-7,10-11,13,15-17,19,25-26H,8-9H2,1-3H3. The summed E-state index contributed by atoms with van der Waals surface area (Å²) in [6, 6.07) is 2.60. The fourth-order valence-corrected chi connectivity index (χ4v) is 3.53. The van der Waals surface area contributed by atoms with Crippen molar-refractivity contribution in [3.63, 3.8) is 0 Å². The number of amides is 1. The number of hydrogen-bond acceptors (Lipinski definition) is 7. The number of likely N-dealkylation sites (tertiary alicyclic amines) is 1. The SMILES string of the molecule is CNC(O)C1CC(O)CN1C(=O)C(C(C)C)n1cc(-c2ccncc2)nn1. The van der Waals surface area contributed by atoms with Gasteiger partial charge in [0.2, 0.25) is 5.91 Å². The molecule has 1 fully saturated rings. The molecule has 1 saturated heterocycles. The second kappa shape index (κ2) is 8.12. The minimum absolute atomic E-state index is 0.0467. The van der Waals surface area contributed by atoms with E-state index in [1.54, 1.807) is 35.2 Å². The lowest BCUT2D eigenvalue weighted by Crippen LogP contribution is -2.50. The molecule has 3 heterocycles. The summed E-state index contributed by atoms with van der Waals surface area (Å²) < 4.78 is 1.57. The smallest absolute Gasteiger partial charge is 0.248 e. The molecule has 0 aliphatic carbocycles. The van der Waals surface area contributed by atoms with Crippen molar-refractivity contribution in [2.75, 3.05) is 13.6 Å². The van der Waals surface area contributed by atoms with Crippen LogP contribution in [0.15, 0.2) is 30.7 Å². The first kappa shape index (κ1) is 19.4. The summed E-state index contributed by atoms with van der Waals surface area (Å²) in [5.41, 5.74) is 1.52. The average molecular weight is 374 g/mol. The quantitative estimate of drug-likeness (QED) is 0.611. The van der Waals surface area contributed by atoms with E-state index in [1.165, 1.54) is 0 Å². The van der Waals surface area contributed by atoms with Gasteiger partial charge in [0.15, 0.2) is 0 Å². The second-order valence-electron chi connectivity index (χ2n) is 7.19. The Morgan fingerprint density at radius 2 is 2.04 bits per heavy atom. The first-order chi connectivity index (χ1) is 12.9. The predicted octanol–water partition coefficient (Wildman–Crippen LogP) is 0.0368. The van der Waals surface area contributed by atoms with Crippen LogP contribution in [0.5, 0.6) is 0 Å². The molecule has 4 atom stereocenters. The Labute approximate surface area is 158 Å². The minimum Gasteiger partial charge on any atom is -0.391 e. The van der Waals surface area contributed by atoms with Crippen LogP contribution in [-0.4, -0.2) is 73.0 Å². The van der Waals surface area contributed by atoms with Crippen LogP contribution in [0, 0.1) is 5.92 Å². The van der Waals surface area contributed by atoms with Crippen LogP contribution in [0.3, 0.4) is 0 Å². The van der Waals surface area contributed by atoms with Gasteiger partial charge in [-0.15, -0.1) is 5.10 Å². The maximum Gasteiger partial charge on any atom is 0.248 e. The van der Waals surface area contributed by atoms with Crippen molar-refractivity contribution in [1.29, 1.82) is 0 Å². The lowest BCUT2D eigenvalue weighted by Gasteiger charge is -2.32. The van der Waals surface area contributed by atoms with E-state index in [-0.39, 0.29) is 18.4 Å². The number of likely N-dealkylation sites (N-methyl/N-ethyl adjacent to an activating group) is 1. The monoisotopic (exact) mass is 374 g/mol. The van der Waals surface area contributed by atoms with E-state index >= 15 is 0 Å². The van der Waals surface area contributed by atoms with Crippen molar-refractivity contribution in [2.45, 2.75) is 44.7 Å². The lowest BCUT2D eigenvalue weighted by molar-refractivity contribution is -0.140. The molecule has 1 amide bonds. The summed E-state index contributed by atoms with van der Waals surface area (Å²) in [5.74, 6) is -0.235. The molecule has 9 nitrogen and oxygen atoms in total. The number of rotatable bonds is 6. The van der Waals surface area contributed by atoms with Crippen LogP contribution < -0.4 is 5.32 Å². The van der Waals surface area contributed by atoms with E-state index in [4.69, 9.17) is 0 Å². The third-order valence-electron chi connectivity index (χ3n) is 4.92. The largest absolute Gasteiger partial charge is 0.391 e. The molecule has 2 aromatic heterocycles. The Morgan fingerprint density at radius 1 is 1.33 bits per heavy atom. The van der Waals surface area contributed by atoms with E-state index < -0.39 is 24.4 Å². The van der Waals surface area contributed by atoms with Gasteiger partial charge in [-0.05, 0) is 31.5 Å². The Balaban J connectivity index is 1.87. The zero-order chi connectivity index (χ0) is 19.6. The summed E-state index contributed by atoms with van der Waals surface area (Å²) in [6.07, 6.45) is 3.87. The maximum atomic E-state index is 13.3. The number of aliphatic hydroxyl groups excluding tert-OH is 2. The third-order valence-corrected chi connectivity index (χ3v) is 4.92. The van der Waals surface area contributed by atoms with Crippen LogP contribution >= 0.6 is 0 Å². The highest BCUT2D eigenvalue weighted by atomic mass is 16.3. The zero-order valence-electron chi connectivity index (χ0n) is 15.7. The first-order valence-corrected chi connectivity index (χ1v) is 9.08. The van der Waals surface area contributed by atoms with Crippen LogP contribution in [0.2, 0.25) is 0 Å². The first-order valence-electron chi connectivity index (χ1n) is 9.08. The highest BCUT2D eigenvalue weighted by Crippen LogP contribution is 2.28. The number of nitrogens with one attached hydrogen (secondary N) is 1. The molecule has 0 radical (unpaired) electrons. The van der Waals surface area contributed by atoms with Crippen molar-refractivity contribution >= 4 is 5.91 Å². The Bertz CT molecular complexity index is 765. The van der Waals surface area contributed by atoms with Gasteiger partial charge < -0.3 is 15.1 Å². The van der Waals surface area contributed by atoms with Crippen LogP contribution in [-0.2, 0) is 4.79 Å². The molecule has 1 aliphatic rings. The van der Waals surface area contributed by atoms with Gasteiger partial charge in [0, 0.05) is 24.5 Å². The van der Waals surface area contributed by atoms with Crippen LogP contribution in [0.1, 0.15) is 26.3 Å². The molecule has 4 unspecified atom stereocenters. The summed E-state index contributed by atoms with van der Waals surface area (Å²) in [7, 11) is 1.62. The molecule has 3 rings (SSSR count). The molecule has 0 saturated carbocycles. The maximum absolute atomic E-state index is 13.3. The molecule has 27 heavy (non-hydrogen) atoms. The van der Waals surface area contributed by atoms with Crippen molar-refractivity contribution in [3.8, 4) is 11.3 Å². The van der Waals surface area contributed by atoms with Gasteiger partial charge in [0.25, 0.3) is 0 Å². The van der Waals surface area contributed by atoms with Gasteiger partial charge >= 0.3 is 0 Å². The summed E-state index contributed by atoms with van der Waals surface area (Å²) in [4.78, 5) is 18.8. The minimum atomic E-state index is -0.901. The molecule has 2 aromatic rings. The number of aromatic nitrogens is 4. The van der Waals surface area contributed by atoms with E-state index in [2.05, 4.69) is 20.6 Å². The van der Waals surface area contributed by atoms with Crippen molar-refractivity contribution in [2.24, 2.45) is 5.92 Å². The predicted molar refractivity (Wildman–Crippen MR) is 98.3 cm³/mol. The highest BCUT2D eigenvalue weighted by Gasteiger charge is 2.42. The van der Waals surface area contributed by atoms with E-state index in [9.17, 15) is 15.0 Å². The zero-order valence-corrected chi connectivity index (χ0v) is 15.7. The summed E-state index contributed by atoms with van der Waals surface area (Å²) in [5, 5.41) is 31.3. The number of carbonyl (C=O) groups is 1. The Hall–Kier alpha value is -2.36. The molecule has 3 N–H and O–H groups in total. The van der Waals surface area contributed by atoms with Crippen molar-refractivity contribution < 1.29 is 15.0 Å². The fraction of sp³-hybridized carbons (Fsp3) is 0.556. The number of pyridine rings is 1. The molecule has 1 aliphatic heterocycles. The van der Waals surface area contributed by atoms with Gasteiger partial charge in [-0.3, -0.25) is 15.1 Å².